The third kappa shape index (κ3) is 5.78. The molecule has 4 rings (SSSR count). The van der Waals surface area contributed by atoms with Crippen LogP contribution in [0.2, 0.25) is 5.02 Å². The number of nitrogens with zero attached hydrogens (tertiary/aromatic N) is 1. The van der Waals surface area contributed by atoms with Gasteiger partial charge in [-0.1, -0.05) is 29.3 Å². The zero-order chi connectivity index (χ0) is 24.9. The normalized spacial score (nSPS) is 14.6. The van der Waals surface area contributed by atoms with Crippen molar-refractivity contribution in [1.29, 1.82) is 0 Å². The molecule has 1 aliphatic heterocycles. The number of carbonyl (C=O) groups excluding carboxylic acids is 3. The van der Waals surface area contributed by atoms with Gasteiger partial charge in [-0.05, 0) is 68.1 Å². The van der Waals surface area contributed by atoms with Gasteiger partial charge in [-0.3, -0.25) is 14.5 Å². The molecule has 3 aromatic rings. The number of thioether (sulfide) groups is 1. The maximum absolute atomic E-state index is 12.8. The van der Waals surface area contributed by atoms with E-state index in [4.69, 9.17) is 25.5 Å². The van der Waals surface area contributed by atoms with E-state index >= 15 is 0 Å². The number of amides is 2. The Morgan fingerprint density at radius 2 is 1.89 bits per heavy atom. The maximum atomic E-state index is 12.8. The minimum Gasteiger partial charge on any atom is -0.492 e. The van der Waals surface area contributed by atoms with Crippen molar-refractivity contribution in [2.45, 2.75) is 13.8 Å². The number of hydrogen-bond donors (Lipinski definition) is 0. The van der Waals surface area contributed by atoms with E-state index in [1.165, 1.54) is 6.08 Å². The van der Waals surface area contributed by atoms with Gasteiger partial charge >= 0.3 is 5.97 Å². The molecule has 35 heavy (non-hydrogen) atoms. The molecule has 1 saturated heterocycles. The van der Waals surface area contributed by atoms with Crippen molar-refractivity contribution in [2.24, 2.45) is 0 Å². The first-order valence-corrected chi connectivity index (χ1v) is 12.1. The van der Waals surface area contributed by atoms with Crippen molar-refractivity contribution < 1.29 is 28.3 Å². The van der Waals surface area contributed by atoms with Crippen LogP contribution < -0.4 is 4.74 Å². The van der Waals surface area contributed by atoms with E-state index in [-0.39, 0.29) is 40.5 Å². The quantitative estimate of drug-likeness (QED) is 0.263. The summed E-state index contributed by atoms with van der Waals surface area (Å²) in [4.78, 5) is 38.7. The highest BCUT2D eigenvalue weighted by molar-refractivity contribution is 8.18. The van der Waals surface area contributed by atoms with Crippen LogP contribution in [0.5, 0.6) is 5.75 Å². The van der Waals surface area contributed by atoms with Crippen LogP contribution >= 0.6 is 23.4 Å². The Kier molecular flexibility index (Phi) is 7.63. The Labute approximate surface area is 211 Å². The number of hydrogen-bond acceptors (Lipinski definition) is 7. The Morgan fingerprint density at radius 1 is 1.11 bits per heavy atom. The molecule has 0 N–H and O–H groups in total. The highest BCUT2D eigenvalue weighted by atomic mass is 35.5. The number of halogens is 1. The number of benzene rings is 2. The molecule has 0 radical (unpaired) electrons. The molecule has 0 unspecified atom stereocenters. The smallest absolute Gasteiger partial charge is 0.339 e. The van der Waals surface area contributed by atoms with E-state index in [1.54, 1.807) is 37.3 Å². The Bertz CT molecular complexity index is 1300. The number of furan rings is 1. The molecule has 2 aromatic carbocycles. The van der Waals surface area contributed by atoms with Crippen LogP contribution in [0.15, 0.2) is 63.9 Å². The summed E-state index contributed by atoms with van der Waals surface area (Å²) < 4.78 is 16.5. The Hall–Kier alpha value is -3.49. The summed E-state index contributed by atoms with van der Waals surface area (Å²) in [5.41, 5.74) is 1.97. The van der Waals surface area contributed by atoms with Crippen LogP contribution in [-0.4, -0.2) is 41.8 Å². The summed E-state index contributed by atoms with van der Waals surface area (Å²) >= 11 is 6.97. The zero-order valence-electron chi connectivity index (χ0n) is 19.1. The van der Waals surface area contributed by atoms with Gasteiger partial charge in [0.25, 0.3) is 11.1 Å². The molecule has 1 aliphatic rings. The number of ether oxygens (including phenoxy) is 2. The summed E-state index contributed by atoms with van der Waals surface area (Å²) in [6.07, 6.45) is 1.53. The van der Waals surface area contributed by atoms with Crippen molar-refractivity contribution in [3.63, 3.8) is 0 Å². The van der Waals surface area contributed by atoms with E-state index in [1.807, 2.05) is 31.2 Å². The molecule has 0 atom stereocenters. The van der Waals surface area contributed by atoms with Crippen molar-refractivity contribution in [3.8, 4) is 17.1 Å². The van der Waals surface area contributed by atoms with Crippen LogP contribution in [0, 0.1) is 6.92 Å². The largest absolute Gasteiger partial charge is 0.492 e. The molecule has 1 aromatic heterocycles. The first-order chi connectivity index (χ1) is 16.9. The van der Waals surface area contributed by atoms with Crippen LogP contribution in [-0.2, 0) is 9.53 Å². The van der Waals surface area contributed by atoms with Gasteiger partial charge in [-0.15, -0.1) is 0 Å². The van der Waals surface area contributed by atoms with Gasteiger partial charge in [0.05, 0.1) is 28.6 Å². The topological polar surface area (TPSA) is 86.0 Å². The predicted molar refractivity (Wildman–Crippen MR) is 134 cm³/mol. The highest BCUT2D eigenvalue weighted by Crippen LogP contribution is 2.34. The molecule has 2 amide bonds. The van der Waals surface area contributed by atoms with E-state index in [9.17, 15) is 14.4 Å². The molecule has 0 saturated carbocycles. The van der Waals surface area contributed by atoms with E-state index in [2.05, 4.69) is 0 Å². The SMILES string of the molecule is CCOC(=O)c1cc(-c2ccc(/C=C3\SC(=O)N(CCOc4ccc(C)cc4)C3=O)o2)ccc1Cl. The summed E-state index contributed by atoms with van der Waals surface area (Å²) in [5.74, 6) is 0.625. The fourth-order valence-corrected chi connectivity index (χ4v) is 4.38. The van der Waals surface area contributed by atoms with Gasteiger partial charge in [-0.25, -0.2) is 4.79 Å². The Morgan fingerprint density at radius 3 is 2.63 bits per heavy atom. The summed E-state index contributed by atoms with van der Waals surface area (Å²) in [5, 5.41) is -0.0867. The first-order valence-electron chi connectivity index (χ1n) is 10.9. The van der Waals surface area contributed by atoms with Crippen LogP contribution in [0.3, 0.4) is 0 Å². The lowest BCUT2D eigenvalue weighted by Crippen LogP contribution is -2.32. The van der Waals surface area contributed by atoms with Crippen molar-refractivity contribution in [3.05, 3.63) is 81.4 Å². The first kappa shape index (κ1) is 24.6. The number of imide groups is 1. The molecule has 180 valence electrons. The van der Waals surface area contributed by atoms with Crippen LogP contribution in [0.1, 0.15) is 28.6 Å². The van der Waals surface area contributed by atoms with Crippen LogP contribution in [0.4, 0.5) is 4.79 Å². The molecule has 9 heteroatoms. The fourth-order valence-electron chi connectivity index (χ4n) is 3.34. The van der Waals surface area contributed by atoms with Crippen LogP contribution in [0.25, 0.3) is 17.4 Å². The van der Waals surface area contributed by atoms with E-state index in [0.29, 0.717) is 22.8 Å². The van der Waals surface area contributed by atoms with Gasteiger partial charge in [0, 0.05) is 11.6 Å². The second kappa shape index (κ2) is 10.8. The molecule has 7 nitrogen and oxygen atoms in total. The maximum Gasteiger partial charge on any atom is 0.339 e. The molecule has 1 fully saturated rings. The molecule has 0 bridgehead atoms. The molecular formula is C26H22ClNO6S. The minimum atomic E-state index is -0.522. The molecular weight excluding hydrogens is 490 g/mol. The third-order valence-electron chi connectivity index (χ3n) is 5.12. The fraction of sp³-hybridized carbons (Fsp3) is 0.192. The minimum absolute atomic E-state index is 0.140. The molecule has 0 spiro atoms. The molecule has 2 heterocycles. The average Bonchev–Trinajstić information content (AvgIpc) is 3.40. The number of rotatable bonds is 8. The van der Waals surface area contributed by atoms with Gasteiger partial charge < -0.3 is 13.9 Å². The summed E-state index contributed by atoms with van der Waals surface area (Å²) in [6, 6.07) is 15.8. The second-order valence-corrected chi connectivity index (χ2v) is 9.01. The van der Waals surface area contributed by atoms with Gasteiger partial charge in [0.1, 0.15) is 23.9 Å². The number of carbonyl (C=O) groups is 3. The van der Waals surface area contributed by atoms with Crippen molar-refractivity contribution >= 4 is 46.6 Å². The lowest BCUT2D eigenvalue weighted by Gasteiger charge is -2.13. The molecule has 0 aliphatic carbocycles. The van der Waals surface area contributed by atoms with Crippen molar-refractivity contribution in [2.75, 3.05) is 19.8 Å². The monoisotopic (exact) mass is 511 g/mol. The number of esters is 1. The lowest BCUT2D eigenvalue weighted by molar-refractivity contribution is -0.123. The van der Waals surface area contributed by atoms with Gasteiger partial charge in [0.2, 0.25) is 0 Å². The third-order valence-corrected chi connectivity index (χ3v) is 6.36. The second-order valence-electron chi connectivity index (χ2n) is 7.61. The average molecular weight is 512 g/mol. The van der Waals surface area contributed by atoms with Gasteiger partial charge in [0.15, 0.2) is 0 Å². The van der Waals surface area contributed by atoms with E-state index in [0.717, 1.165) is 22.2 Å². The van der Waals surface area contributed by atoms with E-state index < -0.39 is 11.9 Å². The standard InChI is InChI=1S/C26H22ClNO6S/c1-3-32-25(30)20-14-17(6-10-21(20)27)22-11-9-19(34-22)15-23-24(29)28(26(31)35-23)12-13-33-18-7-4-16(2)5-8-18/h4-11,14-15H,3,12-13H2,1-2H3/b23-15-. The summed E-state index contributed by atoms with van der Waals surface area (Å²) in [7, 11) is 0. The Balaban J connectivity index is 1.43. The van der Waals surface area contributed by atoms with Crippen molar-refractivity contribution in [1.82, 2.24) is 4.90 Å². The number of aryl methyl sites for hydroxylation is 1. The lowest BCUT2D eigenvalue weighted by atomic mass is 10.1. The zero-order valence-corrected chi connectivity index (χ0v) is 20.7. The summed E-state index contributed by atoms with van der Waals surface area (Å²) in [6.45, 7) is 4.26. The highest BCUT2D eigenvalue weighted by Gasteiger charge is 2.35. The predicted octanol–water partition coefficient (Wildman–Crippen LogP) is 6.20. The van der Waals surface area contributed by atoms with Gasteiger partial charge in [-0.2, -0.15) is 0 Å².